The molecule has 0 unspecified atom stereocenters. The second-order valence-corrected chi connectivity index (χ2v) is 3.29. The minimum absolute atomic E-state index is 0.125. The molecule has 0 radical (unpaired) electrons. The monoisotopic (exact) mass is 201 g/mol. The van der Waals surface area contributed by atoms with Crippen molar-refractivity contribution in [1.29, 1.82) is 0 Å². The molecular formula is C12H11NO2. The van der Waals surface area contributed by atoms with Crippen molar-refractivity contribution in [2.45, 2.75) is 0 Å². The van der Waals surface area contributed by atoms with E-state index in [1.54, 1.807) is 37.4 Å². The van der Waals surface area contributed by atoms with Gasteiger partial charge in [0.2, 0.25) is 0 Å². The average Bonchev–Trinajstić information content (AvgIpc) is 2.28. The molecule has 0 saturated heterocycles. The zero-order chi connectivity index (χ0) is 10.8. The highest BCUT2D eigenvalue weighted by Gasteiger charge is 2.05. The molecule has 3 heteroatoms. The van der Waals surface area contributed by atoms with Crippen molar-refractivity contribution in [2.24, 2.45) is 0 Å². The summed E-state index contributed by atoms with van der Waals surface area (Å²) in [6.45, 7) is 0. The van der Waals surface area contributed by atoms with Gasteiger partial charge in [0.1, 0.15) is 5.75 Å². The number of amides is 1. The summed E-state index contributed by atoms with van der Waals surface area (Å²) in [6, 6.07) is 10.4. The molecule has 2 aromatic carbocycles. The molecule has 0 atom stereocenters. The molecule has 0 aliphatic carbocycles. The first-order chi connectivity index (χ1) is 7.22. The first kappa shape index (κ1) is 9.52. The van der Waals surface area contributed by atoms with E-state index in [1.807, 2.05) is 6.07 Å². The zero-order valence-corrected chi connectivity index (χ0v) is 8.32. The number of fused-ring (bicyclic) bond motifs is 1. The van der Waals surface area contributed by atoms with E-state index in [4.69, 9.17) is 0 Å². The first-order valence-electron chi connectivity index (χ1n) is 4.66. The van der Waals surface area contributed by atoms with Crippen LogP contribution in [0, 0.1) is 0 Å². The summed E-state index contributed by atoms with van der Waals surface area (Å²) in [5, 5.41) is 13.7. The summed E-state index contributed by atoms with van der Waals surface area (Å²) in [7, 11) is 1.59. The van der Waals surface area contributed by atoms with Crippen molar-refractivity contribution in [2.75, 3.05) is 7.05 Å². The van der Waals surface area contributed by atoms with Crippen molar-refractivity contribution in [3.63, 3.8) is 0 Å². The van der Waals surface area contributed by atoms with Gasteiger partial charge in [-0.2, -0.15) is 0 Å². The van der Waals surface area contributed by atoms with Crippen molar-refractivity contribution < 1.29 is 9.90 Å². The number of rotatable bonds is 1. The fraction of sp³-hybridized carbons (Fsp3) is 0.0833. The second-order valence-electron chi connectivity index (χ2n) is 3.29. The van der Waals surface area contributed by atoms with Gasteiger partial charge in [-0.3, -0.25) is 4.79 Å². The summed E-state index contributed by atoms with van der Waals surface area (Å²) in [4.78, 5) is 11.4. The molecule has 76 valence electrons. The van der Waals surface area contributed by atoms with E-state index in [0.717, 1.165) is 10.8 Å². The Bertz CT molecular complexity index is 520. The molecule has 2 N–H and O–H groups in total. The van der Waals surface area contributed by atoms with Crippen molar-refractivity contribution in [3.8, 4) is 5.75 Å². The quantitative estimate of drug-likeness (QED) is 0.740. The van der Waals surface area contributed by atoms with Crippen LogP contribution in [0.3, 0.4) is 0 Å². The number of hydrogen-bond donors (Lipinski definition) is 2. The molecule has 15 heavy (non-hydrogen) atoms. The van der Waals surface area contributed by atoms with Gasteiger partial charge in [0.25, 0.3) is 5.91 Å². The van der Waals surface area contributed by atoms with Gasteiger partial charge < -0.3 is 10.4 Å². The lowest BCUT2D eigenvalue weighted by Gasteiger charge is -2.03. The summed E-state index contributed by atoms with van der Waals surface area (Å²) in [5.74, 6) is 0.108. The predicted molar refractivity (Wildman–Crippen MR) is 59.0 cm³/mol. The van der Waals surface area contributed by atoms with E-state index in [2.05, 4.69) is 5.32 Å². The second kappa shape index (κ2) is 3.61. The lowest BCUT2D eigenvalue weighted by molar-refractivity contribution is 0.0963. The summed E-state index contributed by atoms with van der Waals surface area (Å²) >= 11 is 0. The number of benzene rings is 2. The number of carbonyl (C=O) groups excluding carboxylic acids is 1. The molecule has 3 nitrogen and oxygen atoms in total. The average molecular weight is 201 g/mol. The molecule has 1 amide bonds. The molecule has 0 heterocycles. The van der Waals surface area contributed by atoms with E-state index in [-0.39, 0.29) is 11.7 Å². The third kappa shape index (κ3) is 1.64. The minimum Gasteiger partial charge on any atom is -0.507 e. The zero-order valence-electron chi connectivity index (χ0n) is 8.32. The van der Waals surface area contributed by atoms with Gasteiger partial charge in [-0.1, -0.05) is 12.1 Å². The highest BCUT2D eigenvalue weighted by Crippen LogP contribution is 2.24. The van der Waals surface area contributed by atoms with Crippen LogP contribution in [0.1, 0.15) is 10.4 Å². The molecular weight excluding hydrogens is 190 g/mol. The summed E-state index contributed by atoms with van der Waals surface area (Å²) in [6.07, 6.45) is 0. The molecule has 2 rings (SSSR count). The van der Waals surface area contributed by atoms with Crippen LogP contribution >= 0.6 is 0 Å². The first-order valence-corrected chi connectivity index (χ1v) is 4.66. The molecule has 0 aliphatic heterocycles. The van der Waals surface area contributed by atoms with Crippen LogP contribution in [0.15, 0.2) is 36.4 Å². The number of nitrogens with one attached hydrogen (secondary N) is 1. The van der Waals surface area contributed by atoms with Crippen molar-refractivity contribution >= 4 is 16.7 Å². The van der Waals surface area contributed by atoms with Crippen molar-refractivity contribution in [3.05, 3.63) is 42.0 Å². The molecule has 0 spiro atoms. The lowest BCUT2D eigenvalue weighted by Crippen LogP contribution is -2.17. The third-order valence-electron chi connectivity index (χ3n) is 2.35. The van der Waals surface area contributed by atoms with Crippen LogP contribution < -0.4 is 5.32 Å². The van der Waals surface area contributed by atoms with Gasteiger partial charge in [0, 0.05) is 18.0 Å². The van der Waals surface area contributed by atoms with Crippen LogP contribution in [0.4, 0.5) is 0 Å². The maximum atomic E-state index is 11.4. The molecule has 0 aliphatic rings. The maximum Gasteiger partial charge on any atom is 0.251 e. The Morgan fingerprint density at radius 2 is 2.07 bits per heavy atom. The van der Waals surface area contributed by atoms with E-state index in [1.165, 1.54) is 0 Å². The number of aromatic hydroxyl groups is 1. The lowest BCUT2D eigenvalue weighted by atomic mass is 10.1. The topological polar surface area (TPSA) is 49.3 Å². The normalized spacial score (nSPS) is 10.2. The smallest absolute Gasteiger partial charge is 0.251 e. The highest BCUT2D eigenvalue weighted by atomic mass is 16.3. The van der Waals surface area contributed by atoms with Gasteiger partial charge in [-0.05, 0) is 29.7 Å². The number of phenols is 1. The van der Waals surface area contributed by atoms with E-state index in [9.17, 15) is 9.90 Å². The van der Waals surface area contributed by atoms with Crippen LogP contribution in [-0.2, 0) is 0 Å². The van der Waals surface area contributed by atoms with Gasteiger partial charge in [0.15, 0.2) is 0 Å². The van der Waals surface area contributed by atoms with Gasteiger partial charge in [-0.25, -0.2) is 0 Å². The standard InChI is InChI=1S/C12H11NO2/c1-13-12(15)9-5-6-10-8(7-9)3-2-4-11(10)14/h2-7,14H,1H3,(H,13,15). The Labute approximate surface area is 87.3 Å². The summed E-state index contributed by atoms with van der Waals surface area (Å²) in [5.41, 5.74) is 0.593. The number of carbonyl (C=O) groups is 1. The largest absolute Gasteiger partial charge is 0.507 e. The predicted octanol–water partition coefficient (Wildman–Crippen LogP) is 1.90. The third-order valence-corrected chi connectivity index (χ3v) is 2.35. The molecule has 0 bridgehead atoms. The Hall–Kier alpha value is -2.03. The van der Waals surface area contributed by atoms with E-state index in [0.29, 0.717) is 5.56 Å². The van der Waals surface area contributed by atoms with Gasteiger partial charge in [-0.15, -0.1) is 0 Å². The number of hydrogen-bond acceptors (Lipinski definition) is 2. The van der Waals surface area contributed by atoms with Crippen LogP contribution in [0.5, 0.6) is 5.75 Å². The molecule has 2 aromatic rings. The number of phenolic OH excluding ortho intramolecular Hbond substituents is 1. The van der Waals surface area contributed by atoms with Gasteiger partial charge in [0.05, 0.1) is 0 Å². The van der Waals surface area contributed by atoms with Crippen LogP contribution in [0.2, 0.25) is 0 Å². The summed E-state index contributed by atoms with van der Waals surface area (Å²) < 4.78 is 0. The van der Waals surface area contributed by atoms with E-state index < -0.39 is 0 Å². The molecule has 0 saturated carbocycles. The highest BCUT2D eigenvalue weighted by molar-refractivity contribution is 5.99. The van der Waals surface area contributed by atoms with Crippen LogP contribution in [0.25, 0.3) is 10.8 Å². The Balaban J connectivity index is 2.62. The Kier molecular flexibility index (Phi) is 2.29. The molecule has 0 aromatic heterocycles. The SMILES string of the molecule is CNC(=O)c1ccc2c(O)cccc2c1. The fourth-order valence-corrected chi connectivity index (χ4v) is 1.55. The Morgan fingerprint density at radius 3 is 2.80 bits per heavy atom. The van der Waals surface area contributed by atoms with E-state index >= 15 is 0 Å². The minimum atomic E-state index is -0.125. The van der Waals surface area contributed by atoms with Crippen LogP contribution in [-0.4, -0.2) is 18.1 Å². The fourth-order valence-electron chi connectivity index (χ4n) is 1.55. The van der Waals surface area contributed by atoms with Crippen molar-refractivity contribution in [1.82, 2.24) is 5.32 Å². The molecule has 0 fully saturated rings. The Morgan fingerprint density at radius 1 is 1.27 bits per heavy atom. The van der Waals surface area contributed by atoms with Gasteiger partial charge >= 0.3 is 0 Å². The maximum absolute atomic E-state index is 11.4.